The lowest BCUT2D eigenvalue weighted by Gasteiger charge is -2.36. The van der Waals surface area contributed by atoms with E-state index in [2.05, 4.69) is 41.1 Å². The summed E-state index contributed by atoms with van der Waals surface area (Å²) >= 11 is 6.26. The van der Waals surface area contributed by atoms with Crippen molar-refractivity contribution in [1.82, 2.24) is 10.2 Å². The molecule has 1 aliphatic heterocycles. The molecule has 20 heavy (non-hydrogen) atoms. The van der Waals surface area contributed by atoms with E-state index < -0.39 is 0 Å². The van der Waals surface area contributed by atoms with Crippen LogP contribution in [0.15, 0.2) is 24.3 Å². The molecule has 0 saturated carbocycles. The third-order valence-electron chi connectivity index (χ3n) is 3.77. The molecule has 1 fully saturated rings. The van der Waals surface area contributed by atoms with Gasteiger partial charge in [-0.2, -0.15) is 0 Å². The maximum atomic E-state index is 6.26. The fourth-order valence-electron chi connectivity index (χ4n) is 2.61. The number of nitrogens with one attached hydrogen (secondary N) is 1. The Labute approximate surface area is 127 Å². The van der Waals surface area contributed by atoms with Crippen molar-refractivity contribution in [3.8, 4) is 0 Å². The fourth-order valence-corrected chi connectivity index (χ4v) is 2.87. The van der Waals surface area contributed by atoms with Crippen LogP contribution in [-0.2, 0) is 0 Å². The molecule has 0 bridgehead atoms. The van der Waals surface area contributed by atoms with E-state index in [1.165, 1.54) is 18.7 Å². The van der Waals surface area contributed by atoms with Crippen molar-refractivity contribution < 1.29 is 0 Å². The van der Waals surface area contributed by atoms with Gasteiger partial charge in [-0.3, -0.25) is 4.90 Å². The Bertz CT molecular complexity index is 400. The highest BCUT2D eigenvalue weighted by atomic mass is 35.5. The molecule has 1 aromatic carbocycles. The third kappa shape index (κ3) is 4.65. The average Bonchev–Trinajstić information content (AvgIpc) is 2.45. The van der Waals surface area contributed by atoms with E-state index in [0.717, 1.165) is 37.7 Å². The molecule has 0 aromatic heterocycles. The molecule has 4 heteroatoms. The Kier molecular flexibility index (Phi) is 6.14. The highest BCUT2D eigenvalue weighted by Crippen LogP contribution is 2.25. The van der Waals surface area contributed by atoms with Crippen LogP contribution in [-0.4, -0.2) is 50.2 Å². The second-order valence-corrected chi connectivity index (χ2v) is 6.15. The molecule has 1 aromatic rings. The van der Waals surface area contributed by atoms with Crippen LogP contribution in [0.2, 0.25) is 5.02 Å². The summed E-state index contributed by atoms with van der Waals surface area (Å²) in [5.41, 5.74) is 1.18. The molecule has 0 radical (unpaired) electrons. The minimum Gasteiger partial charge on any atom is -0.368 e. The van der Waals surface area contributed by atoms with E-state index in [4.69, 9.17) is 11.6 Å². The van der Waals surface area contributed by atoms with Gasteiger partial charge in [0.1, 0.15) is 0 Å². The molecule has 1 N–H and O–H groups in total. The zero-order valence-corrected chi connectivity index (χ0v) is 13.4. The van der Waals surface area contributed by atoms with Crippen LogP contribution in [0.5, 0.6) is 0 Å². The van der Waals surface area contributed by atoms with Gasteiger partial charge in [0, 0.05) is 32.2 Å². The van der Waals surface area contributed by atoms with Crippen molar-refractivity contribution in [3.05, 3.63) is 29.3 Å². The predicted molar refractivity (Wildman–Crippen MR) is 87.9 cm³/mol. The summed E-state index contributed by atoms with van der Waals surface area (Å²) in [6, 6.07) is 8.73. The molecule has 112 valence electrons. The highest BCUT2D eigenvalue weighted by Gasteiger charge is 2.18. The maximum absolute atomic E-state index is 6.26. The van der Waals surface area contributed by atoms with Crippen LogP contribution in [0.4, 0.5) is 5.69 Å². The first-order chi connectivity index (χ1) is 9.66. The Balaban J connectivity index is 1.71. The second-order valence-electron chi connectivity index (χ2n) is 5.74. The second kappa shape index (κ2) is 7.87. The summed E-state index contributed by atoms with van der Waals surface area (Å²) in [4.78, 5) is 4.94. The van der Waals surface area contributed by atoms with Gasteiger partial charge in [-0.15, -0.1) is 0 Å². The maximum Gasteiger partial charge on any atom is 0.0639 e. The number of nitrogens with zero attached hydrogens (tertiary/aromatic N) is 2. The first-order valence-electron chi connectivity index (χ1n) is 7.62. The quantitative estimate of drug-likeness (QED) is 0.814. The largest absolute Gasteiger partial charge is 0.368 e. The minimum atomic E-state index is 0.590. The van der Waals surface area contributed by atoms with Gasteiger partial charge in [-0.1, -0.05) is 37.6 Å². The summed E-state index contributed by atoms with van der Waals surface area (Å²) in [5, 5.41) is 4.34. The molecule has 1 saturated heterocycles. The normalized spacial score (nSPS) is 16.9. The number of rotatable bonds is 6. The van der Waals surface area contributed by atoms with E-state index >= 15 is 0 Å². The molecule has 2 rings (SSSR count). The van der Waals surface area contributed by atoms with Gasteiger partial charge in [0.15, 0.2) is 0 Å². The van der Waals surface area contributed by atoms with Crippen molar-refractivity contribution >= 4 is 17.3 Å². The van der Waals surface area contributed by atoms with Crippen molar-refractivity contribution in [2.45, 2.75) is 26.3 Å². The van der Waals surface area contributed by atoms with Crippen LogP contribution in [0.25, 0.3) is 0 Å². The first kappa shape index (κ1) is 15.6. The van der Waals surface area contributed by atoms with Crippen LogP contribution < -0.4 is 10.2 Å². The van der Waals surface area contributed by atoms with Crippen molar-refractivity contribution in [2.75, 3.05) is 44.2 Å². The van der Waals surface area contributed by atoms with Gasteiger partial charge in [0.05, 0.1) is 10.7 Å². The molecule has 1 heterocycles. The van der Waals surface area contributed by atoms with E-state index in [1.807, 2.05) is 12.1 Å². The van der Waals surface area contributed by atoms with E-state index in [1.54, 1.807) is 0 Å². The van der Waals surface area contributed by atoms with Gasteiger partial charge in [-0.05, 0) is 31.6 Å². The number of halogens is 1. The minimum absolute atomic E-state index is 0.590. The Morgan fingerprint density at radius 1 is 1.15 bits per heavy atom. The van der Waals surface area contributed by atoms with Crippen LogP contribution >= 0.6 is 11.6 Å². The van der Waals surface area contributed by atoms with Gasteiger partial charge in [0.25, 0.3) is 0 Å². The fraction of sp³-hybridized carbons (Fsp3) is 0.625. The molecular weight excluding hydrogens is 270 g/mol. The topological polar surface area (TPSA) is 18.5 Å². The number of piperazine rings is 1. The first-order valence-corrected chi connectivity index (χ1v) is 8.00. The third-order valence-corrected chi connectivity index (χ3v) is 4.09. The lowest BCUT2D eigenvalue weighted by molar-refractivity contribution is 0.253. The number of hydrogen-bond acceptors (Lipinski definition) is 3. The van der Waals surface area contributed by atoms with Crippen molar-refractivity contribution in [3.63, 3.8) is 0 Å². The van der Waals surface area contributed by atoms with E-state index in [-0.39, 0.29) is 0 Å². The van der Waals surface area contributed by atoms with Crippen molar-refractivity contribution in [1.29, 1.82) is 0 Å². The van der Waals surface area contributed by atoms with Crippen LogP contribution in [0.1, 0.15) is 20.3 Å². The number of benzene rings is 1. The molecule has 0 amide bonds. The van der Waals surface area contributed by atoms with Gasteiger partial charge in [-0.25, -0.2) is 0 Å². The predicted octanol–water partition coefficient (Wildman–Crippen LogP) is 2.85. The van der Waals surface area contributed by atoms with Crippen LogP contribution in [0, 0.1) is 0 Å². The molecule has 3 nitrogen and oxygen atoms in total. The SMILES string of the molecule is CC(C)NCCCN1CCN(c2ccccc2Cl)CC1. The molecule has 1 aliphatic rings. The zero-order chi connectivity index (χ0) is 14.4. The van der Waals surface area contributed by atoms with Gasteiger partial charge in [0.2, 0.25) is 0 Å². The standard InChI is InChI=1S/C16H26ClN3/c1-14(2)18-8-5-9-19-10-12-20(13-11-19)16-7-4-3-6-15(16)17/h3-4,6-7,14,18H,5,8-13H2,1-2H3. The van der Waals surface area contributed by atoms with E-state index in [9.17, 15) is 0 Å². The average molecular weight is 296 g/mol. The van der Waals surface area contributed by atoms with Gasteiger partial charge < -0.3 is 10.2 Å². The summed E-state index contributed by atoms with van der Waals surface area (Å²) in [6.45, 7) is 11.1. The summed E-state index contributed by atoms with van der Waals surface area (Å²) in [5.74, 6) is 0. The molecule has 0 atom stereocenters. The lowest BCUT2D eigenvalue weighted by atomic mass is 10.2. The number of anilines is 1. The zero-order valence-electron chi connectivity index (χ0n) is 12.6. The van der Waals surface area contributed by atoms with Crippen LogP contribution in [0.3, 0.4) is 0 Å². The Morgan fingerprint density at radius 2 is 1.85 bits per heavy atom. The summed E-state index contributed by atoms with van der Waals surface area (Å²) < 4.78 is 0. The van der Waals surface area contributed by atoms with E-state index in [0.29, 0.717) is 6.04 Å². The number of para-hydroxylation sites is 1. The monoisotopic (exact) mass is 295 g/mol. The summed E-state index contributed by atoms with van der Waals surface area (Å²) in [7, 11) is 0. The Hall–Kier alpha value is -0.770. The molecule has 0 unspecified atom stereocenters. The summed E-state index contributed by atoms with van der Waals surface area (Å²) in [6.07, 6.45) is 1.23. The van der Waals surface area contributed by atoms with Crippen molar-refractivity contribution in [2.24, 2.45) is 0 Å². The molecular formula is C16H26ClN3. The van der Waals surface area contributed by atoms with Gasteiger partial charge >= 0.3 is 0 Å². The Morgan fingerprint density at radius 3 is 2.50 bits per heavy atom. The molecule has 0 aliphatic carbocycles. The lowest BCUT2D eigenvalue weighted by Crippen LogP contribution is -2.47. The molecule has 0 spiro atoms. The number of hydrogen-bond donors (Lipinski definition) is 1. The smallest absolute Gasteiger partial charge is 0.0639 e. The highest BCUT2D eigenvalue weighted by molar-refractivity contribution is 6.33.